The Kier molecular flexibility index (Phi) is 2.98. The van der Waals surface area contributed by atoms with E-state index in [4.69, 9.17) is 9.47 Å². The molecule has 96 valence electrons. The normalized spacial score (nSPS) is 30.7. The number of rotatable bonds is 2. The molecule has 1 saturated carbocycles. The molecular formula is C15H18O3. The number of methoxy groups -OCH3 is 1. The lowest BCUT2D eigenvalue weighted by Gasteiger charge is -2.25. The smallest absolute Gasteiger partial charge is 0.314 e. The minimum Gasteiger partial charge on any atom is -0.497 e. The van der Waals surface area contributed by atoms with Gasteiger partial charge < -0.3 is 9.47 Å². The van der Waals surface area contributed by atoms with Crippen LogP contribution in [0.15, 0.2) is 24.3 Å². The van der Waals surface area contributed by atoms with Gasteiger partial charge in [-0.05, 0) is 37.0 Å². The molecule has 0 radical (unpaired) electrons. The molecule has 18 heavy (non-hydrogen) atoms. The summed E-state index contributed by atoms with van der Waals surface area (Å²) in [5, 5.41) is 0. The van der Waals surface area contributed by atoms with E-state index in [9.17, 15) is 4.79 Å². The van der Waals surface area contributed by atoms with E-state index >= 15 is 0 Å². The lowest BCUT2D eigenvalue weighted by molar-refractivity contribution is -0.142. The first-order valence-corrected chi connectivity index (χ1v) is 6.64. The number of carbonyl (C=O) groups is 1. The van der Waals surface area contributed by atoms with Gasteiger partial charge in [-0.1, -0.05) is 18.6 Å². The van der Waals surface area contributed by atoms with E-state index in [-0.39, 0.29) is 18.0 Å². The summed E-state index contributed by atoms with van der Waals surface area (Å²) in [6, 6.07) is 7.81. The molecule has 1 aromatic rings. The molecule has 1 aliphatic heterocycles. The van der Waals surface area contributed by atoms with E-state index in [0.29, 0.717) is 5.92 Å². The lowest BCUT2D eigenvalue weighted by atomic mass is 9.77. The molecule has 2 aliphatic rings. The molecule has 0 amide bonds. The van der Waals surface area contributed by atoms with Gasteiger partial charge in [0.2, 0.25) is 0 Å². The fourth-order valence-electron chi connectivity index (χ4n) is 3.27. The van der Waals surface area contributed by atoms with Gasteiger partial charge in [-0.3, -0.25) is 4.79 Å². The third-order valence-electron chi connectivity index (χ3n) is 4.16. The molecule has 2 fully saturated rings. The molecule has 0 spiro atoms. The molecular weight excluding hydrogens is 228 g/mol. The molecule has 1 heterocycles. The van der Waals surface area contributed by atoms with Crippen LogP contribution >= 0.6 is 0 Å². The molecule has 0 aromatic heterocycles. The summed E-state index contributed by atoms with van der Waals surface area (Å²) in [4.78, 5) is 12.1. The summed E-state index contributed by atoms with van der Waals surface area (Å²) in [5.74, 6) is 1.02. The number of benzene rings is 1. The molecule has 3 nitrogen and oxygen atoms in total. The Labute approximate surface area is 107 Å². The second kappa shape index (κ2) is 4.63. The summed E-state index contributed by atoms with van der Waals surface area (Å²) in [5.41, 5.74) is 1.04. The molecule has 1 aliphatic carbocycles. The van der Waals surface area contributed by atoms with Crippen LogP contribution in [0.25, 0.3) is 0 Å². The minimum atomic E-state index is -0.0922. The Morgan fingerprint density at radius 3 is 2.94 bits per heavy atom. The standard InChI is InChI=1S/C15H18O3/c1-17-11-6-4-5-10(9-11)14-12-7-2-3-8-13(12)18-15(14)16/h4-6,9,12-14H,2-3,7-8H2,1H3. The average Bonchev–Trinajstić information content (AvgIpc) is 2.74. The minimum absolute atomic E-state index is 0.0554. The monoisotopic (exact) mass is 246 g/mol. The number of carbonyl (C=O) groups excluding carboxylic acids is 1. The van der Waals surface area contributed by atoms with Gasteiger partial charge in [-0.2, -0.15) is 0 Å². The molecule has 1 saturated heterocycles. The maximum atomic E-state index is 12.1. The van der Waals surface area contributed by atoms with E-state index in [1.807, 2.05) is 24.3 Å². The van der Waals surface area contributed by atoms with Crippen molar-refractivity contribution in [1.82, 2.24) is 0 Å². The van der Waals surface area contributed by atoms with Crippen LogP contribution in [0, 0.1) is 5.92 Å². The van der Waals surface area contributed by atoms with Gasteiger partial charge >= 0.3 is 5.97 Å². The average molecular weight is 246 g/mol. The SMILES string of the molecule is COc1cccc(C2C(=O)OC3CCCCC32)c1. The number of fused-ring (bicyclic) bond motifs is 1. The maximum absolute atomic E-state index is 12.1. The van der Waals surface area contributed by atoms with Crippen molar-refractivity contribution in [2.75, 3.05) is 7.11 Å². The van der Waals surface area contributed by atoms with Crippen molar-refractivity contribution in [2.45, 2.75) is 37.7 Å². The van der Waals surface area contributed by atoms with Crippen molar-refractivity contribution in [3.05, 3.63) is 29.8 Å². The Morgan fingerprint density at radius 1 is 1.28 bits per heavy atom. The van der Waals surface area contributed by atoms with Crippen LogP contribution in [-0.4, -0.2) is 19.2 Å². The Hall–Kier alpha value is -1.51. The second-order valence-electron chi connectivity index (χ2n) is 5.18. The predicted molar refractivity (Wildman–Crippen MR) is 67.6 cm³/mol. The van der Waals surface area contributed by atoms with Gasteiger partial charge in [0.25, 0.3) is 0 Å². The number of hydrogen-bond donors (Lipinski definition) is 0. The molecule has 3 rings (SSSR count). The van der Waals surface area contributed by atoms with E-state index in [2.05, 4.69) is 0 Å². The predicted octanol–water partition coefficient (Wildman–Crippen LogP) is 2.89. The largest absolute Gasteiger partial charge is 0.497 e. The van der Waals surface area contributed by atoms with Crippen LogP contribution in [0.2, 0.25) is 0 Å². The molecule has 0 bridgehead atoms. The zero-order valence-electron chi connectivity index (χ0n) is 10.6. The first-order chi connectivity index (χ1) is 8.79. The summed E-state index contributed by atoms with van der Waals surface area (Å²) >= 11 is 0. The van der Waals surface area contributed by atoms with E-state index < -0.39 is 0 Å². The highest BCUT2D eigenvalue weighted by atomic mass is 16.6. The first kappa shape index (κ1) is 11.6. The van der Waals surface area contributed by atoms with Crippen molar-refractivity contribution >= 4 is 5.97 Å². The summed E-state index contributed by atoms with van der Waals surface area (Å²) in [6.45, 7) is 0. The van der Waals surface area contributed by atoms with Crippen LogP contribution < -0.4 is 4.74 Å². The highest BCUT2D eigenvalue weighted by molar-refractivity contribution is 5.81. The molecule has 3 unspecified atom stereocenters. The van der Waals surface area contributed by atoms with Crippen LogP contribution in [0.1, 0.15) is 37.2 Å². The Balaban J connectivity index is 1.91. The zero-order chi connectivity index (χ0) is 12.5. The van der Waals surface area contributed by atoms with Crippen molar-refractivity contribution in [3.8, 4) is 5.75 Å². The van der Waals surface area contributed by atoms with Crippen molar-refractivity contribution in [2.24, 2.45) is 5.92 Å². The Morgan fingerprint density at radius 2 is 2.11 bits per heavy atom. The van der Waals surface area contributed by atoms with Crippen LogP contribution in [0.3, 0.4) is 0 Å². The fraction of sp³-hybridized carbons (Fsp3) is 0.533. The fourth-order valence-corrected chi connectivity index (χ4v) is 3.27. The van der Waals surface area contributed by atoms with Crippen molar-refractivity contribution < 1.29 is 14.3 Å². The van der Waals surface area contributed by atoms with Gasteiger partial charge in [-0.15, -0.1) is 0 Å². The Bertz CT molecular complexity index is 455. The van der Waals surface area contributed by atoms with Gasteiger partial charge in [-0.25, -0.2) is 0 Å². The highest BCUT2D eigenvalue weighted by Gasteiger charge is 2.46. The molecule has 1 aromatic carbocycles. The molecule has 3 atom stereocenters. The number of esters is 1. The molecule has 0 N–H and O–H groups in total. The van der Waals surface area contributed by atoms with Gasteiger partial charge in [0.1, 0.15) is 11.9 Å². The van der Waals surface area contributed by atoms with Gasteiger partial charge in [0, 0.05) is 5.92 Å². The van der Waals surface area contributed by atoms with E-state index in [1.54, 1.807) is 7.11 Å². The number of hydrogen-bond acceptors (Lipinski definition) is 3. The second-order valence-corrected chi connectivity index (χ2v) is 5.18. The summed E-state index contributed by atoms with van der Waals surface area (Å²) in [6.07, 6.45) is 4.65. The van der Waals surface area contributed by atoms with E-state index in [0.717, 1.165) is 24.2 Å². The van der Waals surface area contributed by atoms with E-state index in [1.165, 1.54) is 12.8 Å². The third-order valence-corrected chi connectivity index (χ3v) is 4.16. The van der Waals surface area contributed by atoms with Gasteiger partial charge in [0.15, 0.2) is 0 Å². The number of ether oxygens (including phenoxy) is 2. The third kappa shape index (κ3) is 1.88. The highest BCUT2D eigenvalue weighted by Crippen LogP contribution is 2.44. The summed E-state index contributed by atoms with van der Waals surface area (Å²) < 4.78 is 10.8. The van der Waals surface area contributed by atoms with Crippen LogP contribution in [-0.2, 0) is 9.53 Å². The lowest BCUT2D eigenvalue weighted by Crippen LogP contribution is -2.23. The first-order valence-electron chi connectivity index (χ1n) is 6.64. The van der Waals surface area contributed by atoms with Gasteiger partial charge in [0.05, 0.1) is 13.0 Å². The van der Waals surface area contributed by atoms with Crippen molar-refractivity contribution in [1.29, 1.82) is 0 Å². The van der Waals surface area contributed by atoms with Crippen LogP contribution in [0.5, 0.6) is 5.75 Å². The molecule has 3 heteroatoms. The maximum Gasteiger partial charge on any atom is 0.314 e. The quantitative estimate of drug-likeness (QED) is 0.753. The van der Waals surface area contributed by atoms with Crippen LogP contribution in [0.4, 0.5) is 0 Å². The topological polar surface area (TPSA) is 35.5 Å². The van der Waals surface area contributed by atoms with Crippen molar-refractivity contribution in [3.63, 3.8) is 0 Å². The summed E-state index contributed by atoms with van der Waals surface area (Å²) in [7, 11) is 1.65. The zero-order valence-corrected chi connectivity index (χ0v) is 10.6.